The van der Waals surface area contributed by atoms with Crippen molar-refractivity contribution in [2.45, 2.75) is 33.6 Å². The van der Waals surface area contributed by atoms with Crippen molar-refractivity contribution in [2.24, 2.45) is 0 Å². The fraction of sp³-hybridized carbons (Fsp3) is 0.318. The molecule has 0 aliphatic carbocycles. The minimum absolute atomic E-state index is 0.0844. The second-order valence-corrected chi connectivity index (χ2v) is 7.18. The van der Waals surface area contributed by atoms with Crippen LogP contribution in [0.1, 0.15) is 48.0 Å². The Morgan fingerprint density at radius 1 is 1.24 bits per heavy atom. The number of nitriles is 1. The Labute approximate surface area is 174 Å². The van der Waals surface area contributed by atoms with E-state index in [2.05, 4.69) is 5.32 Å². The summed E-state index contributed by atoms with van der Waals surface area (Å²) >= 11 is 1.30. The van der Waals surface area contributed by atoms with Crippen LogP contribution in [0.2, 0.25) is 0 Å². The highest BCUT2D eigenvalue weighted by atomic mass is 32.1. The third kappa shape index (κ3) is 5.93. The van der Waals surface area contributed by atoms with Crippen LogP contribution in [0.4, 0.5) is 5.00 Å². The van der Waals surface area contributed by atoms with Gasteiger partial charge in [0.1, 0.15) is 22.4 Å². The summed E-state index contributed by atoms with van der Waals surface area (Å²) in [7, 11) is 0. The number of nitrogens with zero attached hydrogens (tertiary/aromatic N) is 1. The zero-order chi connectivity index (χ0) is 21.2. The number of rotatable bonds is 9. The van der Waals surface area contributed by atoms with Crippen molar-refractivity contribution in [1.82, 2.24) is 0 Å². The Morgan fingerprint density at radius 2 is 2.00 bits per heavy atom. The lowest BCUT2D eigenvalue weighted by molar-refractivity contribution is -0.112. The molecule has 7 heteroatoms. The number of para-hydroxylation sites is 1. The lowest BCUT2D eigenvalue weighted by Gasteiger charge is -2.09. The molecule has 0 saturated heterocycles. The van der Waals surface area contributed by atoms with Crippen LogP contribution in [0.5, 0.6) is 5.75 Å². The zero-order valence-corrected chi connectivity index (χ0v) is 17.6. The van der Waals surface area contributed by atoms with Gasteiger partial charge >= 0.3 is 5.97 Å². The maximum Gasteiger partial charge on any atom is 0.341 e. The molecule has 6 nitrogen and oxygen atoms in total. The van der Waals surface area contributed by atoms with E-state index in [0.29, 0.717) is 28.5 Å². The molecule has 0 aliphatic rings. The molecule has 0 aliphatic heterocycles. The number of benzene rings is 1. The molecule has 1 aromatic heterocycles. The summed E-state index contributed by atoms with van der Waals surface area (Å²) in [6, 6.07) is 10.9. The number of carbonyl (C=O) groups is 2. The second kappa shape index (κ2) is 11.0. The topological polar surface area (TPSA) is 88.4 Å². The largest absolute Gasteiger partial charge is 0.493 e. The summed E-state index contributed by atoms with van der Waals surface area (Å²) in [5.41, 5.74) is 0.850. The summed E-state index contributed by atoms with van der Waals surface area (Å²) < 4.78 is 10.7. The predicted molar refractivity (Wildman–Crippen MR) is 114 cm³/mol. The standard InChI is InChI=1S/C22H24N2O4S/c1-4-11-28-19-10-8-7-9-15(19)12-16(14-23)20(25)24-21-18(22(26)27-6-3)13-17(5-2)29-21/h7-10,12-13H,4-6,11H2,1-3H3,(H,24,25)/b16-12+. The Bertz CT molecular complexity index is 941. The number of hydrogen-bond donors (Lipinski definition) is 1. The van der Waals surface area contributed by atoms with Crippen molar-refractivity contribution < 1.29 is 19.1 Å². The van der Waals surface area contributed by atoms with Gasteiger partial charge in [0.2, 0.25) is 0 Å². The molecule has 29 heavy (non-hydrogen) atoms. The third-order valence-corrected chi connectivity index (χ3v) is 5.09. The lowest BCUT2D eigenvalue weighted by Crippen LogP contribution is -2.15. The first kappa shape index (κ1) is 22.2. The molecule has 2 rings (SSSR count). The van der Waals surface area contributed by atoms with E-state index < -0.39 is 11.9 Å². The van der Waals surface area contributed by atoms with Crippen LogP contribution in [0.3, 0.4) is 0 Å². The normalized spacial score (nSPS) is 10.9. The van der Waals surface area contributed by atoms with E-state index in [1.807, 2.05) is 32.0 Å². The molecule has 1 heterocycles. The van der Waals surface area contributed by atoms with Gasteiger partial charge in [-0.25, -0.2) is 4.79 Å². The van der Waals surface area contributed by atoms with Crippen molar-refractivity contribution in [3.8, 4) is 11.8 Å². The van der Waals surface area contributed by atoms with E-state index >= 15 is 0 Å². The van der Waals surface area contributed by atoms with E-state index in [1.165, 1.54) is 17.4 Å². The van der Waals surface area contributed by atoms with Gasteiger partial charge in [-0.2, -0.15) is 5.26 Å². The van der Waals surface area contributed by atoms with E-state index in [1.54, 1.807) is 25.1 Å². The molecule has 0 fully saturated rings. The first-order chi connectivity index (χ1) is 14.0. The first-order valence-corrected chi connectivity index (χ1v) is 10.3. The maximum atomic E-state index is 12.7. The van der Waals surface area contributed by atoms with E-state index in [0.717, 1.165) is 17.7 Å². The fourth-order valence-electron chi connectivity index (χ4n) is 2.49. The molecule has 1 aromatic carbocycles. The molecule has 152 valence electrons. The molecule has 1 N–H and O–H groups in total. The molecule has 0 radical (unpaired) electrons. The quantitative estimate of drug-likeness (QED) is 0.362. The summed E-state index contributed by atoms with van der Waals surface area (Å²) in [6.07, 6.45) is 3.05. The highest BCUT2D eigenvalue weighted by Gasteiger charge is 2.20. The van der Waals surface area contributed by atoms with E-state index in [-0.39, 0.29) is 12.2 Å². The number of ether oxygens (including phenoxy) is 2. The average Bonchev–Trinajstić information content (AvgIpc) is 3.14. The number of amides is 1. The first-order valence-electron chi connectivity index (χ1n) is 9.48. The smallest absolute Gasteiger partial charge is 0.341 e. The van der Waals surface area contributed by atoms with Crippen molar-refractivity contribution in [1.29, 1.82) is 5.26 Å². The number of anilines is 1. The Morgan fingerprint density at radius 3 is 2.66 bits per heavy atom. The van der Waals surface area contributed by atoms with Crippen LogP contribution in [0.25, 0.3) is 6.08 Å². The summed E-state index contributed by atoms with van der Waals surface area (Å²) in [5, 5.41) is 12.6. The van der Waals surface area contributed by atoms with Gasteiger partial charge in [0.25, 0.3) is 5.91 Å². The Hall–Kier alpha value is -3.11. The molecular formula is C22H24N2O4S. The molecule has 0 spiro atoms. The molecule has 0 atom stereocenters. The van der Waals surface area contributed by atoms with Crippen molar-refractivity contribution in [3.05, 3.63) is 51.9 Å². The highest BCUT2D eigenvalue weighted by molar-refractivity contribution is 7.16. The van der Waals surface area contributed by atoms with Gasteiger partial charge in [0.15, 0.2) is 0 Å². The number of nitrogens with one attached hydrogen (secondary N) is 1. The number of thiophene rings is 1. The number of aryl methyl sites for hydroxylation is 1. The van der Waals surface area contributed by atoms with Gasteiger partial charge in [0.05, 0.1) is 18.8 Å². The molecule has 0 unspecified atom stereocenters. The van der Waals surface area contributed by atoms with Crippen LogP contribution in [-0.4, -0.2) is 25.1 Å². The van der Waals surface area contributed by atoms with Gasteiger partial charge in [-0.05, 0) is 38.0 Å². The van der Waals surface area contributed by atoms with Crippen molar-refractivity contribution in [3.63, 3.8) is 0 Å². The fourth-order valence-corrected chi connectivity index (χ4v) is 3.47. The van der Waals surface area contributed by atoms with Gasteiger partial charge in [-0.1, -0.05) is 32.0 Å². The van der Waals surface area contributed by atoms with Gasteiger partial charge < -0.3 is 14.8 Å². The zero-order valence-electron chi connectivity index (χ0n) is 16.8. The Kier molecular flexibility index (Phi) is 8.44. The minimum atomic E-state index is -0.590. The molecular weight excluding hydrogens is 388 g/mol. The van der Waals surface area contributed by atoms with Gasteiger partial charge in [-0.3, -0.25) is 4.79 Å². The van der Waals surface area contributed by atoms with Crippen molar-refractivity contribution in [2.75, 3.05) is 18.5 Å². The van der Waals surface area contributed by atoms with Gasteiger partial charge in [-0.15, -0.1) is 11.3 Å². The molecule has 1 amide bonds. The van der Waals surface area contributed by atoms with Gasteiger partial charge in [0, 0.05) is 10.4 Å². The minimum Gasteiger partial charge on any atom is -0.493 e. The SMILES string of the molecule is CCCOc1ccccc1/C=C(\C#N)C(=O)Nc1sc(CC)cc1C(=O)OCC. The number of esters is 1. The van der Waals surface area contributed by atoms with Crippen LogP contribution in [-0.2, 0) is 16.0 Å². The van der Waals surface area contributed by atoms with E-state index in [4.69, 9.17) is 9.47 Å². The predicted octanol–water partition coefficient (Wildman–Crippen LogP) is 4.82. The number of hydrogen-bond acceptors (Lipinski definition) is 6. The average molecular weight is 413 g/mol. The molecule has 0 saturated carbocycles. The van der Waals surface area contributed by atoms with Crippen LogP contribution >= 0.6 is 11.3 Å². The lowest BCUT2D eigenvalue weighted by atomic mass is 10.1. The Balaban J connectivity index is 2.30. The van der Waals surface area contributed by atoms with Crippen LogP contribution < -0.4 is 10.1 Å². The summed E-state index contributed by atoms with van der Waals surface area (Å²) in [4.78, 5) is 25.8. The number of carbonyl (C=O) groups excluding carboxylic acids is 2. The summed E-state index contributed by atoms with van der Waals surface area (Å²) in [6.45, 7) is 6.45. The second-order valence-electron chi connectivity index (χ2n) is 6.04. The summed E-state index contributed by atoms with van der Waals surface area (Å²) in [5.74, 6) is -0.487. The van der Waals surface area contributed by atoms with Crippen LogP contribution in [0, 0.1) is 11.3 Å². The monoisotopic (exact) mass is 412 g/mol. The third-order valence-electron chi connectivity index (χ3n) is 3.90. The molecule has 0 bridgehead atoms. The van der Waals surface area contributed by atoms with Crippen LogP contribution in [0.15, 0.2) is 35.9 Å². The maximum absolute atomic E-state index is 12.7. The van der Waals surface area contributed by atoms with E-state index in [9.17, 15) is 14.9 Å². The highest BCUT2D eigenvalue weighted by Crippen LogP contribution is 2.30. The molecule has 2 aromatic rings. The van der Waals surface area contributed by atoms with Crippen molar-refractivity contribution >= 4 is 34.3 Å².